The number of hydrogen-bond donors (Lipinski definition) is 0. The summed E-state index contributed by atoms with van der Waals surface area (Å²) in [6, 6.07) is 52.7. The van der Waals surface area contributed by atoms with Gasteiger partial charge in [-0.3, -0.25) is 0 Å². The second-order valence-corrected chi connectivity index (χ2v) is 24.3. The Labute approximate surface area is 405 Å². The van der Waals surface area contributed by atoms with Gasteiger partial charge in [0.05, 0.1) is 17.0 Å². The molecule has 3 aliphatic heterocycles. The van der Waals surface area contributed by atoms with E-state index in [9.17, 15) is 0 Å². The van der Waals surface area contributed by atoms with Crippen LogP contribution in [-0.2, 0) is 27.1 Å². The Bertz CT molecular complexity index is 3340. The van der Waals surface area contributed by atoms with Crippen molar-refractivity contribution in [1.29, 1.82) is 0 Å². The number of furan rings is 1. The summed E-state index contributed by atoms with van der Waals surface area (Å²) in [6.45, 7) is 32.1. The van der Waals surface area contributed by atoms with Crippen LogP contribution in [0.15, 0.2) is 144 Å². The van der Waals surface area contributed by atoms with Gasteiger partial charge in [0.2, 0.25) is 0 Å². The first-order chi connectivity index (χ1) is 32.0. The first-order valence-corrected chi connectivity index (χ1v) is 24.6. The van der Waals surface area contributed by atoms with Crippen LogP contribution in [0.2, 0.25) is 0 Å². The standard InChI is InChI=1S/C63H65BN2O2/c1-59(2,3)39-24-22-38(23-25-39)44-34-40(60(4,5)6)26-30-49(44)66-50-31-27-42(62(10,11)12)36-48(50)64-56-51(19-17-20-52(56)66)65(57-45-35-41(61(7,8)9)28-32-53(45)68-58(57)64)43-29-33-55-47(37-43)63(13,14)46-18-15-16-21-54(46)67-55/h15-37H,1-14H3. The van der Waals surface area contributed by atoms with E-state index >= 15 is 0 Å². The summed E-state index contributed by atoms with van der Waals surface area (Å²) in [5.74, 6) is 1.81. The summed E-state index contributed by atoms with van der Waals surface area (Å²) in [5.41, 5.74) is 20.7. The Morgan fingerprint density at radius 3 is 1.72 bits per heavy atom. The molecule has 5 heteroatoms. The zero-order chi connectivity index (χ0) is 48.0. The highest BCUT2D eigenvalue weighted by molar-refractivity contribution is 7.00. The minimum absolute atomic E-state index is 0.0430. The van der Waals surface area contributed by atoms with Crippen molar-refractivity contribution in [2.75, 3.05) is 9.80 Å². The Morgan fingerprint density at radius 2 is 1.04 bits per heavy atom. The van der Waals surface area contributed by atoms with E-state index in [1.54, 1.807) is 0 Å². The highest BCUT2D eigenvalue weighted by Gasteiger charge is 2.48. The molecule has 0 fully saturated rings. The molecule has 0 amide bonds. The van der Waals surface area contributed by atoms with E-state index in [-0.39, 0.29) is 33.8 Å². The molecule has 0 radical (unpaired) electrons. The van der Waals surface area contributed by atoms with Crippen LogP contribution in [-0.4, -0.2) is 6.71 Å². The summed E-state index contributed by atoms with van der Waals surface area (Å²) in [7, 11) is 0. The number of nitrogens with zero attached hydrogens (tertiary/aromatic N) is 2. The van der Waals surface area contributed by atoms with Crippen molar-refractivity contribution in [1.82, 2.24) is 0 Å². The lowest BCUT2D eigenvalue weighted by atomic mass is 9.35. The number of fused-ring (bicyclic) bond motifs is 8. The van der Waals surface area contributed by atoms with Crippen LogP contribution in [0.25, 0.3) is 22.1 Å². The van der Waals surface area contributed by atoms with Crippen molar-refractivity contribution in [3.8, 4) is 22.6 Å². The van der Waals surface area contributed by atoms with E-state index in [4.69, 9.17) is 9.15 Å². The monoisotopic (exact) mass is 893 g/mol. The van der Waals surface area contributed by atoms with E-state index < -0.39 is 0 Å². The molecule has 0 N–H and O–H groups in total. The molecule has 11 rings (SSSR count). The van der Waals surface area contributed by atoms with Gasteiger partial charge < -0.3 is 19.0 Å². The van der Waals surface area contributed by atoms with Crippen molar-refractivity contribution >= 4 is 68.4 Å². The molecule has 0 spiro atoms. The topological polar surface area (TPSA) is 28.9 Å². The second kappa shape index (κ2) is 14.8. The lowest BCUT2D eigenvalue weighted by molar-refractivity contribution is 0.418. The number of anilines is 6. The fourth-order valence-corrected chi connectivity index (χ4v) is 11.0. The average molecular weight is 893 g/mol. The highest BCUT2D eigenvalue weighted by atomic mass is 16.5. The molecule has 4 nitrogen and oxygen atoms in total. The lowest BCUT2D eigenvalue weighted by Crippen LogP contribution is -2.61. The molecule has 3 aliphatic rings. The van der Waals surface area contributed by atoms with Crippen molar-refractivity contribution in [3.05, 3.63) is 173 Å². The molecular weight excluding hydrogens is 828 g/mol. The second-order valence-electron chi connectivity index (χ2n) is 24.3. The molecular formula is C63H65BN2O2. The summed E-state index contributed by atoms with van der Waals surface area (Å²) >= 11 is 0. The zero-order valence-electron chi connectivity index (χ0n) is 42.6. The van der Waals surface area contributed by atoms with Crippen LogP contribution in [0.1, 0.15) is 130 Å². The maximum absolute atomic E-state index is 7.38. The SMILES string of the molecule is CC(C)(C)c1ccc(-c2cc(C(C)(C)C)ccc2N2c3ccc(C(C)(C)C)cc3B3c4oc5ccc(C(C)(C)C)cc5c4N(c4ccc5c(c4)C(C)(C)c4ccccc4O5)c4cccc2c43)cc1. The minimum atomic E-state index is -0.297. The van der Waals surface area contributed by atoms with Gasteiger partial charge in [0.25, 0.3) is 6.71 Å². The predicted octanol–water partition coefficient (Wildman–Crippen LogP) is 15.8. The molecule has 1 aromatic heterocycles. The van der Waals surface area contributed by atoms with Crippen molar-refractivity contribution in [3.63, 3.8) is 0 Å². The Morgan fingerprint density at radius 1 is 0.471 bits per heavy atom. The largest absolute Gasteiger partial charge is 0.468 e. The van der Waals surface area contributed by atoms with E-state index in [0.717, 1.165) is 62.1 Å². The molecule has 0 bridgehead atoms. The molecule has 4 heterocycles. The molecule has 0 saturated heterocycles. The van der Waals surface area contributed by atoms with Crippen molar-refractivity contribution < 1.29 is 9.15 Å². The summed E-state index contributed by atoms with van der Waals surface area (Å²) in [6.07, 6.45) is 0. The van der Waals surface area contributed by atoms with Gasteiger partial charge in [-0.25, -0.2) is 0 Å². The van der Waals surface area contributed by atoms with Gasteiger partial charge in [-0.15, -0.1) is 0 Å². The molecule has 68 heavy (non-hydrogen) atoms. The maximum atomic E-state index is 7.38. The van der Waals surface area contributed by atoms with E-state index in [2.05, 4.69) is 246 Å². The van der Waals surface area contributed by atoms with Gasteiger partial charge in [-0.05, 0) is 127 Å². The number of ether oxygens (including phenoxy) is 1. The minimum Gasteiger partial charge on any atom is -0.468 e. The Balaban J connectivity index is 1.22. The van der Waals surface area contributed by atoms with E-state index in [0.29, 0.717) is 0 Å². The molecule has 0 aliphatic carbocycles. The van der Waals surface area contributed by atoms with Crippen molar-refractivity contribution in [2.24, 2.45) is 0 Å². The summed E-state index contributed by atoms with van der Waals surface area (Å²) in [5, 5.41) is 1.12. The van der Waals surface area contributed by atoms with Crippen LogP contribution >= 0.6 is 0 Å². The Hall–Kier alpha value is -6.46. The fraction of sp³-hybridized carbons (Fsp3) is 0.302. The van der Waals surface area contributed by atoms with Gasteiger partial charge in [0, 0.05) is 50.2 Å². The molecule has 0 atom stereocenters. The van der Waals surface area contributed by atoms with Crippen LogP contribution in [0.4, 0.5) is 34.1 Å². The quantitative estimate of drug-likeness (QED) is 0.165. The normalized spacial score (nSPS) is 15.1. The van der Waals surface area contributed by atoms with Crippen molar-refractivity contribution in [2.45, 2.75) is 124 Å². The smallest absolute Gasteiger partial charge is 0.297 e. The third-order valence-corrected chi connectivity index (χ3v) is 15.2. The highest BCUT2D eigenvalue weighted by Crippen LogP contribution is 2.53. The summed E-state index contributed by atoms with van der Waals surface area (Å²) < 4.78 is 14.0. The van der Waals surface area contributed by atoms with Gasteiger partial charge in [0.1, 0.15) is 17.1 Å². The molecule has 7 aromatic carbocycles. The van der Waals surface area contributed by atoms with Crippen LogP contribution < -0.4 is 31.1 Å². The number of hydrogen-bond acceptors (Lipinski definition) is 4. The van der Waals surface area contributed by atoms with Crippen LogP contribution in [0, 0.1) is 0 Å². The van der Waals surface area contributed by atoms with Gasteiger partial charge in [-0.2, -0.15) is 0 Å². The Kier molecular flexibility index (Phi) is 9.58. The van der Waals surface area contributed by atoms with Gasteiger partial charge in [-0.1, -0.05) is 170 Å². The number of rotatable bonds is 3. The lowest BCUT2D eigenvalue weighted by Gasteiger charge is -2.43. The molecule has 0 unspecified atom stereocenters. The third kappa shape index (κ3) is 6.86. The van der Waals surface area contributed by atoms with Gasteiger partial charge >= 0.3 is 0 Å². The molecule has 0 saturated carbocycles. The molecule has 8 aromatic rings. The summed E-state index contributed by atoms with van der Waals surface area (Å²) in [4.78, 5) is 5.06. The predicted molar refractivity (Wildman–Crippen MR) is 289 cm³/mol. The first-order valence-electron chi connectivity index (χ1n) is 24.6. The van der Waals surface area contributed by atoms with Crippen LogP contribution in [0.5, 0.6) is 11.5 Å². The first kappa shape index (κ1) is 44.1. The average Bonchev–Trinajstić information content (AvgIpc) is 3.66. The van der Waals surface area contributed by atoms with E-state index in [1.165, 1.54) is 55.6 Å². The molecule has 342 valence electrons. The fourth-order valence-electron chi connectivity index (χ4n) is 11.0. The third-order valence-electron chi connectivity index (χ3n) is 15.2. The van der Waals surface area contributed by atoms with E-state index in [1.807, 2.05) is 0 Å². The number of benzene rings is 7. The number of para-hydroxylation sites is 1. The van der Waals surface area contributed by atoms with Gasteiger partial charge in [0.15, 0.2) is 0 Å². The maximum Gasteiger partial charge on any atom is 0.297 e. The zero-order valence-corrected chi connectivity index (χ0v) is 42.6. The van der Waals surface area contributed by atoms with Crippen LogP contribution in [0.3, 0.4) is 0 Å².